The molecule has 5 nitrogen and oxygen atoms in total. The minimum absolute atomic E-state index is 0.0537. The van der Waals surface area contributed by atoms with Crippen LogP contribution < -0.4 is 5.32 Å². The highest BCUT2D eigenvalue weighted by Gasteiger charge is 2.10. The third-order valence-corrected chi connectivity index (χ3v) is 3.86. The number of halogens is 3. The van der Waals surface area contributed by atoms with Crippen LogP contribution in [0.25, 0.3) is 11.4 Å². The van der Waals surface area contributed by atoms with E-state index in [0.717, 1.165) is 0 Å². The molecule has 0 aliphatic carbocycles. The largest absolute Gasteiger partial charge is 0.339 e. The van der Waals surface area contributed by atoms with Gasteiger partial charge in [-0.25, -0.2) is 8.78 Å². The van der Waals surface area contributed by atoms with Gasteiger partial charge in [0, 0.05) is 24.1 Å². The number of amides is 1. The fourth-order valence-electron chi connectivity index (χ4n) is 2.27. The van der Waals surface area contributed by atoms with E-state index in [4.69, 9.17) is 16.1 Å². The summed E-state index contributed by atoms with van der Waals surface area (Å²) in [6, 6.07) is 9.73. The van der Waals surface area contributed by atoms with Crippen LogP contribution in [-0.2, 0) is 11.2 Å². The van der Waals surface area contributed by atoms with Crippen molar-refractivity contribution in [1.29, 1.82) is 0 Å². The Balaban J connectivity index is 1.49. The van der Waals surface area contributed by atoms with Crippen molar-refractivity contribution < 1.29 is 18.1 Å². The molecule has 0 spiro atoms. The Morgan fingerprint density at radius 3 is 2.65 bits per heavy atom. The van der Waals surface area contributed by atoms with Gasteiger partial charge in [-0.15, -0.1) is 0 Å². The second kappa shape index (κ2) is 8.05. The molecule has 1 amide bonds. The van der Waals surface area contributed by atoms with Crippen molar-refractivity contribution in [1.82, 2.24) is 10.1 Å². The quantitative estimate of drug-likeness (QED) is 0.680. The van der Waals surface area contributed by atoms with Gasteiger partial charge in [-0.2, -0.15) is 4.98 Å². The first-order chi connectivity index (χ1) is 12.5. The van der Waals surface area contributed by atoms with E-state index in [-0.39, 0.29) is 23.2 Å². The highest BCUT2D eigenvalue weighted by molar-refractivity contribution is 6.31. The van der Waals surface area contributed by atoms with Crippen molar-refractivity contribution >= 4 is 23.2 Å². The van der Waals surface area contributed by atoms with Crippen LogP contribution in [0.5, 0.6) is 0 Å². The van der Waals surface area contributed by atoms with Gasteiger partial charge in [0.25, 0.3) is 0 Å². The Bertz CT molecular complexity index is 913. The number of rotatable bonds is 6. The van der Waals surface area contributed by atoms with E-state index in [0.29, 0.717) is 35.8 Å². The second-order valence-electron chi connectivity index (χ2n) is 5.55. The van der Waals surface area contributed by atoms with E-state index >= 15 is 0 Å². The summed E-state index contributed by atoms with van der Waals surface area (Å²) in [5.41, 5.74) is 1.07. The summed E-state index contributed by atoms with van der Waals surface area (Å²) in [5.74, 6) is -0.359. The van der Waals surface area contributed by atoms with Gasteiger partial charge in [0.1, 0.15) is 11.6 Å². The van der Waals surface area contributed by atoms with Crippen molar-refractivity contribution in [3.8, 4) is 11.4 Å². The van der Waals surface area contributed by atoms with Crippen molar-refractivity contribution in [2.24, 2.45) is 0 Å². The van der Waals surface area contributed by atoms with E-state index in [1.165, 1.54) is 30.3 Å². The molecule has 0 aliphatic heterocycles. The number of carbonyl (C=O) groups is 1. The third-order valence-electron chi connectivity index (χ3n) is 3.57. The molecule has 1 N–H and O–H groups in total. The first kappa shape index (κ1) is 18.0. The second-order valence-corrected chi connectivity index (χ2v) is 5.96. The molecule has 8 heteroatoms. The number of anilines is 1. The number of benzene rings is 2. The molecule has 0 saturated carbocycles. The Morgan fingerprint density at radius 2 is 1.92 bits per heavy atom. The average molecular weight is 378 g/mol. The van der Waals surface area contributed by atoms with Crippen LogP contribution in [0.1, 0.15) is 18.7 Å². The normalized spacial score (nSPS) is 10.7. The zero-order valence-corrected chi connectivity index (χ0v) is 14.3. The maximum atomic E-state index is 13.1. The number of nitrogens with zero attached hydrogens (tertiary/aromatic N) is 2. The van der Waals surface area contributed by atoms with E-state index in [2.05, 4.69) is 15.5 Å². The average Bonchev–Trinajstić information content (AvgIpc) is 3.08. The van der Waals surface area contributed by atoms with Crippen LogP contribution in [0, 0.1) is 11.6 Å². The molecule has 0 atom stereocenters. The number of hydrogen-bond donors (Lipinski definition) is 1. The topological polar surface area (TPSA) is 68.0 Å². The lowest BCUT2D eigenvalue weighted by Crippen LogP contribution is -2.11. The van der Waals surface area contributed by atoms with E-state index in [1.54, 1.807) is 12.1 Å². The molecule has 0 bridgehead atoms. The Labute approximate surface area is 153 Å². The fraction of sp³-hybridized carbons (Fsp3) is 0.167. The fourth-order valence-corrected chi connectivity index (χ4v) is 2.45. The van der Waals surface area contributed by atoms with Gasteiger partial charge in [0.05, 0.1) is 5.02 Å². The van der Waals surface area contributed by atoms with Crippen LogP contribution in [0.15, 0.2) is 47.0 Å². The van der Waals surface area contributed by atoms with Crippen LogP contribution in [0.4, 0.5) is 14.5 Å². The lowest BCUT2D eigenvalue weighted by atomic mass is 10.2. The smallest absolute Gasteiger partial charge is 0.226 e. The Hall–Kier alpha value is -2.80. The van der Waals surface area contributed by atoms with Gasteiger partial charge in [0.2, 0.25) is 17.6 Å². The predicted octanol–water partition coefficient (Wildman–Crippen LogP) is 4.63. The molecule has 0 fully saturated rings. The maximum Gasteiger partial charge on any atom is 0.226 e. The summed E-state index contributed by atoms with van der Waals surface area (Å²) in [7, 11) is 0. The molecule has 1 aromatic heterocycles. The van der Waals surface area contributed by atoms with Crippen LogP contribution in [0.3, 0.4) is 0 Å². The molecule has 0 unspecified atom stereocenters. The lowest BCUT2D eigenvalue weighted by Gasteiger charge is -2.05. The molecule has 3 aromatic rings. The van der Waals surface area contributed by atoms with Crippen LogP contribution in [-0.4, -0.2) is 16.0 Å². The zero-order chi connectivity index (χ0) is 18.5. The number of aryl methyl sites for hydroxylation is 1. The molecular weight excluding hydrogens is 364 g/mol. The summed E-state index contributed by atoms with van der Waals surface area (Å²) < 4.78 is 31.1. The van der Waals surface area contributed by atoms with Crippen molar-refractivity contribution in [3.05, 3.63) is 65.0 Å². The lowest BCUT2D eigenvalue weighted by molar-refractivity contribution is -0.116. The minimum atomic E-state index is -0.544. The van der Waals surface area contributed by atoms with Gasteiger partial charge in [0.15, 0.2) is 0 Å². The summed E-state index contributed by atoms with van der Waals surface area (Å²) in [6.45, 7) is 0. The van der Waals surface area contributed by atoms with Gasteiger partial charge >= 0.3 is 0 Å². The Kier molecular flexibility index (Phi) is 5.58. The van der Waals surface area contributed by atoms with E-state index in [9.17, 15) is 13.6 Å². The zero-order valence-electron chi connectivity index (χ0n) is 13.5. The van der Waals surface area contributed by atoms with Crippen molar-refractivity contribution in [2.75, 3.05) is 5.32 Å². The van der Waals surface area contributed by atoms with E-state index < -0.39 is 5.82 Å². The molecule has 3 rings (SSSR count). The standard InChI is InChI=1S/C18H14ClF2N3O2/c19-14-10-13(8-9-15(14)21)22-16(25)2-1-3-17-23-18(24-26-17)11-4-6-12(20)7-5-11/h4-10H,1-3H2,(H,22,25). The molecule has 134 valence electrons. The monoisotopic (exact) mass is 377 g/mol. The summed E-state index contributed by atoms with van der Waals surface area (Å²) >= 11 is 5.67. The summed E-state index contributed by atoms with van der Waals surface area (Å²) in [5, 5.41) is 6.43. The number of carbonyl (C=O) groups excluding carboxylic acids is 1. The Morgan fingerprint density at radius 1 is 1.15 bits per heavy atom. The number of hydrogen-bond acceptors (Lipinski definition) is 4. The van der Waals surface area contributed by atoms with Gasteiger partial charge in [-0.1, -0.05) is 16.8 Å². The van der Waals surface area contributed by atoms with Crippen molar-refractivity contribution in [3.63, 3.8) is 0 Å². The molecule has 0 radical (unpaired) electrons. The predicted molar refractivity (Wildman–Crippen MR) is 92.7 cm³/mol. The molecule has 0 aliphatic rings. The van der Waals surface area contributed by atoms with Crippen LogP contribution in [0.2, 0.25) is 5.02 Å². The molecule has 2 aromatic carbocycles. The van der Waals surface area contributed by atoms with Crippen molar-refractivity contribution in [2.45, 2.75) is 19.3 Å². The number of nitrogens with one attached hydrogen (secondary N) is 1. The highest BCUT2D eigenvalue weighted by atomic mass is 35.5. The van der Waals surface area contributed by atoms with Gasteiger partial charge < -0.3 is 9.84 Å². The van der Waals surface area contributed by atoms with Gasteiger partial charge in [-0.05, 0) is 48.9 Å². The molecular formula is C18H14ClF2N3O2. The first-order valence-electron chi connectivity index (χ1n) is 7.85. The van der Waals surface area contributed by atoms with Crippen LogP contribution >= 0.6 is 11.6 Å². The van der Waals surface area contributed by atoms with Gasteiger partial charge in [-0.3, -0.25) is 4.79 Å². The van der Waals surface area contributed by atoms with E-state index in [1.807, 2.05) is 0 Å². The minimum Gasteiger partial charge on any atom is -0.339 e. The summed E-state index contributed by atoms with van der Waals surface area (Å²) in [4.78, 5) is 16.1. The molecule has 1 heterocycles. The SMILES string of the molecule is O=C(CCCc1nc(-c2ccc(F)cc2)no1)Nc1ccc(F)c(Cl)c1. The maximum absolute atomic E-state index is 13.1. The highest BCUT2D eigenvalue weighted by Crippen LogP contribution is 2.20. The number of aromatic nitrogens is 2. The third kappa shape index (κ3) is 4.64. The first-order valence-corrected chi connectivity index (χ1v) is 8.22. The molecule has 0 saturated heterocycles. The summed E-state index contributed by atoms with van der Waals surface area (Å²) in [6.07, 6.45) is 1.14. The molecule has 26 heavy (non-hydrogen) atoms.